The number of hydrogen-bond donors (Lipinski definition) is 0. The van der Waals surface area contributed by atoms with E-state index in [1.165, 1.54) is 5.56 Å². The molecule has 1 heterocycles. The fourth-order valence-corrected chi connectivity index (χ4v) is 1.66. The summed E-state index contributed by atoms with van der Waals surface area (Å²) in [6, 6.07) is 1.99. The number of halogens is 1. The first-order valence-corrected chi connectivity index (χ1v) is 4.67. The lowest BCUT2D eigenvalue weighted by molar-refractivity contribution is 0.854. The third-order valence-corrected chi connectivity index (χ3v) is 2.38. The second-order valence-electron chi connectivity index (χ2n) is 3.17. The van der Waals surface area contributed by atoms with Crippen molar-refractivity contribution in [1.29, 1.82) is 0 Å². The molecule has 0 N–H and O–H groups in total. The molecule has 1 nitrogen and oxygen atoms in total. The molecule has 66 valence electrons. The zero-order chi connectivity index (χ0) is 9.14. The first kappa shape index (κ1) is 9.53. The highest BCUT2D eigenvalue weighted by molar-refractivity contribution is 6.32. The van der Waals surface area contributed by atoms with Gasteiger partial charge in [0.1, 0.15) is 0 Å². The number of aromatic nitrogens is 1. The van der Waals surface area contributed by atoms with Gasteiger partial charge in [0.25, 0.3) is 0 Å². The highest BCUT2D eigenvalue weighted by Crippen LogP contribution is 2.25. The van der Waals surface area contributed by atoms with Crippen molar-refractivity contribution < 1.29 is 0 Å². The predicted octanol–water partition coefficient (Wildman–Crippen LogP) is 3.42. The summed E-state index contributed by atoms with van der Waals surface area (Å²) in [7, 11) is 0. The van der Waals surface area contributed by atoms with E-state index < -0.39 is 0 Å². The number of rotatable bonds is 2. The summed E-state index contributed by atoms with van der Waals surface area (Å²) in [6.07, 6.45) is 2.74. The van der Waals surface area contributed by atoms with E-state index in [1.807, 2.05) is 12.3 Å². The molecule has 12 heavy (non-hydrogen) atoms. The van der Waals surface area contributed by atoms with E-state index in [-0.39, 0.29) is 0 Å². The minimum absolute atomic E-state index is 0.478. The van der Waals surface area contributed by atoms with Gasteiger partial charge in [0.2, 0.25) is 0 Å². The second kappa shape index (κ2) is 3.90. The van der Waals surface area contributed by atoms with Crippen molar-refractivity contribution in [2.45, 2.75) is 33.1 Å². The maximum absolute atomic E-state index is 6.14. The first-order chi connectivity index (χ1) is 5.66. The predicted molar refractivity (Wildman–Crippen MR) is 52.7 cm³/mol. The summed E-state index contributed by atoms with van der Waals surface area (Å²) in [6.45, 7) is 6.35. The van der Waals surface area contributed by atoms with Crippen molar-refractivity contribution in [1.82, 2.24) is 4.98 Å². The summed E-state index contributed by atoms with van der Waals surface area (Å²) in [5, 5.41) is 0.843. The van der Waals surface area contributed by atoms with Crippen molar-refractivity contribution in [2.24, 2.45) is 0 Å². The summed E-state index contributed by atoms with van der Waals surface area (Å²) < 4.78 is 0. The van der Waals surface area contributed by atoms with Crippen LogP contribution >= 0.6 is 11.6 Å². The van der Waals surface area contributed by atoms with Crippen LogP contribution in [0.2, 0.25) is 5.02 Å². The monoisotopic (exact) mass is 183 g/mol. The minimum Gasteiger partial charge on any atom is -0.260 e. The highest BCUT2D eigenvalue weighted by Gasteiger charge is 2.08. The molecular weight excluding hydrogens is 170 g/mol. The Morgan fingerprint density at radius 3 is 2.67 bits per heavy atom. The summed E-state index contributed by atoms with van der Waals surface area (Å²) in [4.78, 5) is 4.21. The Kier molecular flexibility index (Phi) is 3.10. The average molecular weight is 184 g/mol. The molecule has 0 aliphatic heterocycles. The van der Waals surface area contributed by atoms with E-state index in [2.05, 4.69) is 25.8 Å². The number of aryl methyl sites for hydroxylation is 1. The number of nitrogens with zero attached hydrogens (tertiary/aromatic N) is 1. The maximum atomic E-state index is 6.14. The quantitative estimate of drug-likeness (QED) is 0.685. The van der Waals surface area contributed by atoms with E-state index in [1.54, 1.807) is 0 Å². The van der Waals surface area contributed by atoms with Crippen LogP contribution in [-0.4, -0.2) is 4.98 Å². The molecule has 0 aromatic carbocycles. The molecule has 0 atom stereocenters. The lowest BCUT2D eigenvalue weighted by Gasteiger charge is -2.09. The van der Waals surface area contributed by atoms with Crippen LogP contribution in [0.1, 0.15) is 37.9 Å². The Morgan fingerprint density at radius 1 is 1.50 bits per heavy atom. The molecule has 0 unspecified atom stereocenters. The van der Waals surface area contributed by atoms with E-state index in [9.17, 15) is 0 Å². The van der Waals surface area contributed by atoms with Crippen LogP contribution in [0.25, 0.3) is 0 Å². The van der Waals surface area contributed by atoms with Crippen LogP contribution in [-0.2, 0) is 6.42 Å². The first-order valence-electron chi connectivity index (χ1n) is 4.30. The molecule has 0 saturated heterocycles. The van der Waals surface area contributed by atoms with Gasteiger partial charge in [-0.1, -0.05) is 32.4 Å². The molecular formula is C10H14ClN. The standard InChI is InChI=1S/C10H14ClN/c1-4-9-10(11)8(7(2)3)5-6-12-9/h5-7H,4H2,1-3H3. The van der Waals surface area contributed by atoms with Gasteiger partial charge in [-0.25, -0.2) is 0 Å². The smallest absolute Gasteiger partial charge is 0.0655 e. The Morgan fingerprint density at radius 2 is 2.17 bits per heavy atom. The normalized spacial score (nSPS) is 10.8. The summed E-state index contributed by atoms with van der Waals surface area (Å²) in [5.41, 5.74) is 2.20. The zero-order valence-electron chi connectivity index (χ0n) is 7.76. The van der Waals surface area contributed by atoms with Crippen LogP contribution in [0.3, 0.4) is 0 Å². The van der Waals surface area contributed by atoms with Crippen molar-refractivity contribution in [3.63, 3.8) is 0 Å². The van der Waals surface area contributed by atoms with E-state index in [0.29, 0.717) is 5.92 Å². The lowest BCUT2D eigenvalue weighted by Crippen LogP contribution is -1.95. The molecule has 1 rings (SSSR count). The Balaban J connectivity index is 3.14. The molecule has 0 amide bonds. The third-order valence-electron chi connectivity index (χ3n) is 1.95. The van der Waals surface area contributed by atoms with Gasteiger partial charge in [-0.15, -0.1) is 0 Å². The minimum atomic E-state index is 0.478. The van der Waals surface area contributed by atoms with Gasteiger partial charge in [-0.05, 0) is 24.0 Å². The molecule has 0 bridgehead atoms. The molecule has 1 aromatic heterocycles. The topological polar surface area (TPSA) is 12.9 Å². The van der Waals surface area contributed by atoms with Gasteiger partial charge in [0, 0.05) is 6.20 Å². The van der Waals surface area contributed by atoms with Crippen LogP contribution in [0.15, 0.2) is 12.3 Å². The Bertz CT molecular complexity index is 269. The molecule has 0 radical (unpaired) electrons. The van der Waals surface area contributed by atoms with Crippen LogP contribution in [0.5, 0.6) is 0 Å². The van der Waals surface area contributed by atoms with Crippen molar-refractivity contribution in [2.75, 3.05) is 0 Å². The van der Waals surface area contributed by atoms with Gasteiger partial charge in [-0.2, -0.15) is 0 Å². The molecule has 0 aliphatic rings. The van der Waals surface area contributed by atoms with Gasteiger partial charge in [0.15, 0.2) is 0 Å². The van der Waals surface area contributed by atoms with Crippen molar-refractivity contribution >= 4 is 11.6 Å². The fraction of sp³-hybridized carbons (Fsp3) is 0.500. The summed E-state index contributed by atoms with van der Waals surface area (Å²) in [5.74, 6) is 0.478. The second-order valence-corrected chi connectivity index (χ2v) is 3.55. The van der Waals surface area contributed by atoms with Crippen LogP contribution < -0.4 is 0 Å². The molecule has 2 heteroatoms. The Hall–Kier alpha value is -0.560. The van der Waals surface area contributed by atoms with Gasteiger partial charge in [-0.3, -0.25) is 4.98 Å². The third kappa shape index (κ3) is 1.78. The van der Waals surface area contributed by atoms with Gasteiger partial charge in [0.05, 0.1) is 10.7 Å². The maximum Gasteiger partial charge on any atom is 0.0655 e. The van der Waals surface area contributed by atoms with Crippen LogP contribution in [0.4, 0.5) is 0 Å². The summed E-state index contributed by atoms with van der Waals surface area (Å²) >= 11 is 6.14. The van der Waals surface area contributed by atoms with Crippen molar-refractivity contribution in [3.8, 4) is 0 Å². The molecule has 0 saturated carbocycles. The van der Waals surface area contributed by atoms with E-state index in [0.717, 1.165) is 17.1 Å². The fourth-order valence-electron chi connectivity index (χ4n) is 1.20. The molecule has 0 spiro atoms. The van der Waals surface area contributed by atoms with Crippen molar-refractivity contribution in [3.05, 3.63) is 28.5 Å². The molecule has 0 aliphatic carbocycles. The molecule has 1 aromatic rings. The number of hydrogen-bond acceptors (Lipinski definition) is 1. The van der Waals surface area contributed by atoms with Gasteiger partial charge >= 0.3 is 0 Å². The van der Waals surface area contributed by atoms with E-state index in [4.69, 9.17) is 11.6 Å². The Labute approximate surface area is 78.8 Å². The van der Waals surface area contributed by atoms with Crippen LogP contribution in [0, 0.1) is 0 Å². The number of pyridine rings is 1. The lowest BCUT2D eigenvalue weighted by atomic mass is 10.0. The highest BCUT2D eigenvalue weighted by atomic mass is 35.5. The van der Waals surface area contributed by atoms with E-state index >= 15 is 0 Å². The average Bonchev–Trinajstić information content (AvgIpc) is 2.04. The zero-order valence-corrected chi connectivity index (χ0v) is 8.52. The molecule has 0 fully saturated rings. The SMILES string of the molecule is CCc1nccc(C(C)C)c1Cl. The van der Waals surface area contributed by atoms with Gasteiger partial charge < -0.3 is 0 Å². The largest absolute Gasteiger partial charge is 0.260 e.